The number of thiocarbonyl (C=S) groups is 1. The highest BCUT2D eigenvalue weighted by Crippen LogP contribution is 1.98. The fourth-order valence-corrected chi connectivity index (χ4v) is 1.36. The van der Waals surface area contributed by atoms with Crippen LogP contribution in [0.1, 0.15) is 20.8 Å². The highest BCUT2D eigenvalue weighted by atomic mass is 32.1. The monoisotopic (exact) mass is 272 g/mol. The van der Waals surface area contributed by atoms with E-state index in [1.807, 2.05) is 0 Å². The minimum Gasteiger partial charge on any atom is -0.325 e. The van der Waals surface area contributed by atoms with E-state index in [1.165, 1.54) is 19.6 Å². The van der Waals surface area contributed by atoms with Gasteiger partial charge < -0.3 is 10.2 Å². The molecule has 0 amide bonds. The third kappa shape index (κ3) is 9.02. The second kappa shape index (κ2) is 10.4. The van der Waals surface area contributed by atoms with E-state index in [1.54, 1.807) is 18.6 Å². The van der Waals surface area contributed by atoms with Crippen molar-refractivity contribution in [2.24, 2.45) is 0 Å². The van der Waals surface area contributed by atoms with E-state index >= 15 is 0 Å². The van der Waals surface area contributed by atoms with E-state index in [-0.39, 0.29) is 0 Å². The van der Waals surface area contributed by atoms with Crippen LogP contribution in [0.25, 0.3) is 0 Å². The molecule has 0 spiro atoms. The second-order valence-electron chi connectivity index (χ2n) is 3.14. The molecule has 0 fully saturated rings. The highest BCUT2D eigenvalue weighted by Gasteiger charge is 1.90. The Labute approximate surface area is 114 Å². The first-order valence-corrected chi connectivity index (χ1v) is 6.47. The average molecular weight is 272 g/mol. The molecule has 0 radical (unpaired) electrons. The lowest BCUT2D eigenvalue weighted by Gasteiger charge is -2.13. The highest BCUT2D eigenvalue weighted by molar-refractivity contribution is 8.11. The lowest BCUT2D eigenvalue weighted by molar-refractivity contribution is 0.321. The SMILES string of the molecule is CCN(CC)CC.S=C(S)Nc1cnccn1. The first-order valence-electron chi connectivity index (χ1n) is 5.62. The lowest BCUT2D eigenvalue weighted by atomic mass is 10.5. The number of nitrogens with zero attached hydrogens (tertiary/aromatic N) is 3. The summed E-state index contributed by atoms with van der Waals surface area (Å²) in [5.41, 5.74) is 0. The summed E-state index contributed by atoms with van der Waals surface area (Å²) in [5, 5.41) is 2.73. The quantitative estimate of drug-likeness (QED) is 0.651. The van der Waals surface area contributed by atoms with Gasteiger partial charge in [0.15, 0.2) is 0 Å². The Morgan fingerprint density at radius 1 is 1.29 bits per heavy atom. The molecule has 1 N–H and O–H groups in total. The molecule has 0 aliphatic heterocycles. The summed E-state index contributed by atoms with van der Waals surface area (Å²) < 4.78 is 0.389. The number of nitrogens with one attached hydrogen (secondary N) is 1. The van der Waals surface area contributed by atoms with Gasteiger partial charge in [0.05, 0.1) is 6.20 Å². The fourth-order valence-electron chi connectivity index (χ4n) is 1.14. The molecule has 1 heterocycles. The van der Waals surface area contributed by atoms with Crippen LogP contribution in [-0.4, -0.2) is 38.8 Å². The minimum absolute atomic E-state index is 0.389. The van der Waals surface area contributed by atoms with Gasteiger partial charge in [-0.1, -0.05) is 33.0 Å². The van der Waals surface area contributed by atoms with E-state index in [9.17, 15) is 0 Å². The van der Waals surface area contributed by atoms with Crippen molar-refractivity contribution in [3.05, 3.63) is 18.6 Å². The molecule has 0 bridgehead atoms. The first kappa shape index (κ1) is 16.3. The molecule has 0 unspecified atom stereocenters. The summed E-state index contributed by atoms with van der Waals surface area (Å²) >= 11 is 8.52. The zero-order chi connectivity index (χ0) is 13.1. The van der Waals surface area contributed by atoms with Crippen molar-refractivity contribution in [1.82, 2.24) is 14.9 Å². The summed E-state index contributed by atoms with van der Waals surface area (Å²) in [6.07, 6.45) is 4.74. The van der Waals surface area contributed by atoms with Crippen LogP contribution in [0.2, 0.25) is 0 Å². The van der Waals surface area contributed by atoms with Gasteiger partial charge in [0.2, 0.25) is 0 Å². The van der Waals surface area contributed by atoms with Crippen molar-refractivity contribution >= 4 is 35.0 Å². The molecule has 0 saturated carbocycles. The van der Waals surface area contributed by atoms with Crippen LogP contribution in [0.3, 0.4) is 0 Å². The van der Waals surface area contributed by atoms with Crippen molar-refractivity contribution in [3.8, 4) is 0 Å². The normalized spacial score (nSPS) is 9.47. The molecule has 0 aromatic carbocycles. The summed E-state index contributed by atoms with van der Waals surface area (Å²) in [5.74, 6) is 0.613. The Kier molecular flexibility index (Phi) is 9.99. The number of anilines is 1. The molecule has 1 rings (SSSR count). The molecule has 96 valence electrons. The Balaban J connectivity index is 0.000000325. The number of rotatable bonds is 4. The molecule has 1 aromatic rings. The van der Waals surface area contributed by atoms with Crippen molar-refractivity contribution in [2.45, 2.75) is 20.8 Å². The van der Waals surface area contributed by atoms with Gasteiger partial charge in [0, 0.05) is 12.4 Å². The molecule has 4 nitrogen and oxygen atoms in total. The third-order valence-electron chi connectivity index (χ3n) is 2.14. The van der Waals surface area contributed by atoms with Gasteiger partial charge in [-0.05, 0) is 19.6 Å². The summed E-state index contributed by atoms with van der Waals surface area (Å²) in [7, 11) is 0. The van der Waals surface area contributed by atoms with Crippen molar-refractivity contribution in [2.75, 3.05) is 25.0 Å². The van der Waals surface area contributed by atoms with E-state index in [4.69, 9.17) is 0 Å². The van der Waals surface area contributed by atoms with Gasteiger partial charge in [0.1, 0.15) is 10.1 Å². The molecular formula is C11H20N4S2. The van der Waals surface area contributed by atoms with Crippen LogP contribution in [0.15, 0.2) is 18.6 Å². The van der Waals surface area contributed by atoms with Crippen LogP contribution in [0.4, 0.5) is 5.82 Å². The van der Waals surface area contributed by atoms with Crippen molar-refractivity contribution < 1.29 is 0 Å². The van der Waals surface area contributed by atoms with Gasteiger partial charge in [-0.25, -0.2) is 4.98 Å². The first-order chi connectivity index (χ1) is 8.13. The summed E-state index contributed by atoms with van der Waals surface area (Å²) in [4.78, 5) is 10.1. The van der Waals surface area contributed by atoms with Gasteiger partial charge in [-0.3, -0.25) is 4.98 Å². The Morgan fingerprint density at radius 3 is 2.18 bits per heavy atom. The molecule has 0 aliphatic rings. The maximum Gasteiger partial charge on any atom is 0.149 e. The van der Waals surface area contributed by atoms with Crippen molar-refractivity contribution in [3.63, 3.8) is 0 Å². The largest absolute Gasteiger partial charge is 0.325 e. The molecule has 1 aromatic heterocycles. The van der Waals surface area contributed by atoms with Crippen LogP contribution in [0.5, 0.6) is 0 Å². The van der Waals surface area contributed by atoms with Gasteiger partial charge >= 0.3 is 0 Å². The minimum atomic E-state index is 0.389. The maximum absolute atomic E-state index is 4.66. The predicted molar refractivity (Wildman–Crippen MR) is 80.7 cm³/mol. The predicted octanol–water partition coefficient (Wildman–Crippen LogP) is 2.45. The zero-order valence-electron chi connectivity index (χ0n) is 10.6. The molecule has 0 saturated heterocycles. The van der Waals surface area contributed by atoms with Crippen LogP contribution < -0.4 is 5.32 Å². The number of thiol groups is 1. The average Bonchev–Trinajstić information content (AvgIpc) is 2.32. The van der Waals surface area contributed by atoms with Gasteiger partial charge in [-0.15, -0.1) is 12.6 Å². The zero-order valence-corrected chi connectivity index (χ0v) is 12.3. The lowest BCUT2D eigenvalue weighted by Crippen LogP contribution is -2.21. The van der Waals surface area contributed by atoms with Crippen molar-refractivity contribution in [1.29, 1.82) is 0 Å². The Morgan fingerprint density at radius 2 is 1.88 bits per heavy atom. The van der Waals surface area contributed by atoms with Crippen LogP contribution in [0, 0.1) is 0 Å². The van der Waals surface area contributed by atoms with Gasteiger partial charge in [-0.2, -0.15) is 0 Å². The standard InChI is InChI=1S/C6H15N.C5H5N3S2/c1-4-7(5-2)6-3;9-5(10)8-4-3-6-1-2-7-4/h4-6H2,1-3H3;1-3H,(H2,7,8,9,10). The maximum atomic E-state index is 4.66. The van der Waals surface area contributed by atoms with Crippen LogP contribution >= 0.6 is 24.8 Å². The number of hydrogen-bond acceptors (Lipinski definition) is 4. The molecule has 0 atom stereocenters. The van der Waals surface area contributed by atoms with E-state index in [0.717, 1.165) is 0 Å². The Bertz CT molecular complexity index is 296. The number of hydrogen-bond donors (Lipinski definition) is 2. The van der Waals surface area contributed by atoms with Gasteiger partial charge in [0.25, 0.3) is 0 Å². The fraction of sp³-hybridized carbons (Fsp3) is 0.545. The Hall–Kier alpha value is -0.720. The van der Waals surface area contributed by atoms with E-state index < -0.39 is 0 Å². The van der Waals surface area contributed by atoms with E-state index in [2.05, 4.69) is 65.8 Å². The summed E-state index contributed by atoms with van der Waals surface area (Å²) in [6.45, 7) is 10.1. The third-order valence-corrected chi connectivity index (χ3v) is 2.35. The molecule has 0 aliphatic carbocycles. The number of aromatic nitrogens is 2. The topological polar surface area (TPSA) is 41.0 Å². The molecule has 17 heavy (non-hydrogen) atoms. The molecule has 6 heteroatoms. The molecular weight excluding hydrogens is 252 g/mol. The van der Waals surface area contributed by atoms with Crippen LogP contribution in [-0.2, 0) is 0 Å². The van der Waals surface area contributed by atoms with E-state index in [0.29, 0.717) is 10.1 Å². The second-order valence-corrected chi connectivity index (χ2v) is 4.30. The smallest absolute Gasteiger partial charge is 0.149 e. The summed E-state index contributed by atoms with van der Waals surface area (Å²) in [6, 6.07) is 0.